The Hall–Kier alpha value is -2.43. The molecule has 0 saturated carbocycles. The molecule has 5 nitrogen and oxygen atoms in total. The van der Waals surface area contributed by atoms with Gasteiger partial charge in [0, 0.05) is 30.8 Å². The van der Waals surface area contributed by atoms with Crippen molar-refractivity contribution in [2.24, 2.45) is 0 Å². The maximum absolute atomic E-state index is 12.1. The summed E-state index contributed by atoms with van der Waals surface area (Å²) >= 11 is 0. The Labute approximate surface area is 124 Å². The monoisotopic (exact) mass is 285 g/mol. The summed E-state index contributed by atoms with van der Waals surface area (Å²) in [6.07, 6.45) is 3.50. The third-order valence-electron chi connectivity index (χ3n) is 3.18. The second kappa shape index (κ2) is 6.83. The molecule has 0 unspecified atom stereocenters. The van der Waals surface area contributed by atoms with Crippen LogP contribution in [0.1, 0.15) is 41.0 Å². The zero-order valence-electron chi connectivity index (χ0n) is 12.2. The first kappa shape index (κ1) is 15.0. The van der Waals surface area contributed by atoms with Crippen LogP contribution in [0.5, 0.6) is 0 Å². The Bertz CT molecular complexity index is 619. The summed E-state index contributed by atoms with van der Waals surface area (Å²) in [5, 5.41) is 6.88. The predicted octanol–water partition coefficient (Wildman–Crippen LogP) is 2.29. The number of amides is 1. The van der Waals surface area contributed by atoms with Gasteiger partial charge in [0.25, 0.3) is 5.91 Å². The van der Waals surface area contributed by atoms with Gasteiger partial charge in [-0.05, 0) is 13.8 Å². The number of hydrogen-bond donors (Lipinski definition) is 1. The van der Waals surface area contributed by atoms with Crippen LogP contribution in [0, 0.1) is 0 Å². The molecule has 0 radical (unpaired) electrons. The third kappa shape index (κ3) is 4.02. The van der Waals surface area contributed by atoms with Crippen LogP contribution in [0.15, 0.2) is 42.7 Å². The molecule has 1 amide bonds. The van der Waals surface area contributed by atoms with Crippen LogP contribution < -0.4 is 5.32 Å². The van der Waals surface area contributed by atoms with E-state index >= 15 is 0 Å². The average molecular weight is 285 g/mol. The largest absolute Gasteiger partial charge is 0.349 e. The second-order valence-corrected chi connectivity index (χ2v) is 4.95. The topological polar surface area (TPSA) is 64.0 Å². The van der Waals surface area contributed by atoms with E-state index in [1.165, 1.54) is 6.20 Å². The Balaban J connectivity index is 1.91. The molecule has 1 atom stereocenters. The number of carbonyl (C=O) groups is 2. The van der Waals surface area contributed by atoms with Crippen LogP contribution in [0.2, 0.25) is 0 Å². The van der Waals surface area contributed by atoms with E-state index in [0.29, 0.717) is 11.1 Å². The van der Waals surface area contributed by atoms with Gasteiger partial charge in [-0.2, -0.15) is 5.10 Å². The Morgan fingerprint density at radius 1 is 1.24 bits per heavy atom. The number of nitrogens with one attached hydrogen (secondary N) is 1. The van der Waals surface area contributed by atoms with E-state index in [9.17, 15) is 9.59 Å². The van der Waals surface area contributed by atoms with Gasteiger partial charge in [-0.25, -0.2) is 0 Å². The smallest absolute Gasteiger partial charge is 0.254 e. The van der Waals surface area contributed by atoms with E-state index in [2.05, 4.69) is 10.4 Å². The van der Waals surface area contributed by atoms with E-state index in [1.807, 2.05) is 32.0 Å². The molecule has 0 fully saturated rings. The van der Waals surface area contributed by atoms with Gasteiger partial charge in [-0.1, -0.05) is 30.3 Å². The van der Waals surface area contributed by atoms with Gasteiger partial charge in [0.15, 0.2) is 5.78 Å². The van der Waals surface area contributed by atoms with Crippen molar-refractivity contribution in [1.29, 1.82) is 0 Å². The summed E-state index contributed by atoms with van der Waals surface area (Å²) in [6, 6.07) is 8.86. The van der Waals surface area contributed by atoms with Gasteiger partial charge in [0.1, 0.15) is 0 Å². The molecule has 0 aliphatic carbocycles. The van der Waals surface area contributed by atoms with Crippen molar-refractivity contribution in [2.75, 3.05) is 0 Å². The number of benzene rings is 1. The lowest BCUT2D eigenvalue weighted by atomic mass is 10.0. The van der Waals surface area contributed by atoms with Crippen molar-refractivity contribution < 1.29 is 9.59 Å². The van der Waals surface area contributed by atoms with E-state index in [1.54, 1.807) is 23.0 Å². The first-order chi connectivity index (χ1) is 10.1. The number of Topliss-reactive ketones (excluding diaryl/α,β-unsaturated/α-hetero) is 1. The average Bonchev–Trinajstić information content (AvgIpc) is 2.97. The van der Waals surface area contributed by atoms with Crippen molar-refractivity contribution in [3.63, 3.8) is 0 Å². The molecular weight excluding hydrogens is 266 g/mol. The highest BCUT2D eigenvalue weighted by Gasteiger charge is 2.15. The van der Waals surface area contributed by atoms with Crippen molar-refractivity contribution in [3.05, 3.63) is 53.9 Å². The van der Waals surface area contributed by atoms with Gasteiger partial charge in [0.05, 0.1) is 11.8 Å². The Morgan fingerprint density at radius 2 is 1.95 bits per heavy atom. The molecule has 0 bridgehead atoms. The highest BCUT2D eigenvalue weighted by atomic mass is 16.2. The quantitative estimate of drug-likeness (QED) is 0.828. The Morgan fingerprint density at radius 3 is 2.57 bits per heavy atom. The number of aromatic nitrogens is 2. The molecular formula is C16H19N3O2. The number of hydrogen-bond acceptors (Lipinski definition) is 3. The van der Waals surface area contributed by atoms with Crippen molar-refractivity contribution >= 4 is 11.7 Å². The van der Waals surface area contributed by atoms with Gasteiger partial charge in [0.2, 0.25) is 0 Å². The van der Waals surface area contributed by atoms with Gasteiger partial charge >= 0.3 is 0 Å². The summed E-state index contributed by atoms with van der Waals surface area (Å²) < 4.78 is 1.69. The minimum absolute atomic E-state index is 0.0210. The standard InChI is InChI=1S/C16H19N3O2/c1-3-19-11-14(10-17-19)16(21)18-12(2)9-15(20)13-7-5-4-6-8-13/h4-8,10-12H,3,9H2,1-2H3,(H,18,21)/t12-/m0/s1. The molecule has 0 aliphatic heterocycles. The van der Waals surface area contributed by atoms with E-state index in [4.69, 9.17) is 0 Å². The Kier molecular flexibility index (Phi) is 4.87. The summed E-state index contributed by atoms with van der Waals surface area (Å²) in [7, 11) is 0. The fraction of sp³-hybridized carbons (Fsp3) is 0.312. The van der Waals surface area contributed by atoms with E-state index in [-0.39, 0.29) is 24.2 Å². The van der Waals surface area contributed by atoms with Crippen molar-refractivity contribution in [3.8, 4) is 0 Å². The maximum atomic E-state index is 12.1. The molecule has 0 aliphatic rings. The van der Waals surface area contributed by atoms with Crippen LogP contribution in [-0.4, -0.2) is 27.5 Å². The SMILES string of the molecule is CCn1cc(C(=O)N[C@@H](C)CC(=O)c2ccccc2)cn1. The molecule has 5 heteroatoms. The number of aryl methyl sites for hydroxylation is 1. The molecule has 2 rings (SSSR count). The number of nitrogens with zero attached hydrogens (tertiary/aromatic N) is 2. The summed E-state index contributed by atoms with van der Waals surface area (Å²) in [4.78, 5) is 24.1. The highest BCUT2D eigenvalue weighted by molar-refractivity contribution is 5.97. The van der Waals surface area contributed by atoms with E-state index in [0.717, 1.165) is 6.54 Å². The maximum Gasteiger partial charge on any atom is 0.254 e. The lowest BCUT2D eigenvalue weighted by Gasteiger charge is -2.12. The predicted molar refractivity (Wildman–Crippen MR) is 80.2 cm³/mol. The summed E-state index contributed by atoms with van der Waals surface area (Å²) in [5.41, 5.74) is 1.17. The minimum atomic E-state index is -0.227. The molecule has 1 aromatic carbocycles. The molecule has 110 valence electrons. The molecule has 1 aromatic heterocycles. The lowest BCUT2D eigenvalue weighted by Crippen LogP contribution is -2.34. The van der Waals surface area contributed by atoms with Crippen LogP contribution >= 0.6 is 0 Å². The van der Waals surface area contributed by atoms with Crippen LogP contribution in [0.25, 0.3) is 0 Å². The molecule has 1 heterocycles. The van der Waals surface area contributed by atoms with Crippen LogP contribution in [-0.2, 0) is 6.54 Å². The van der Waals surface area contributed by atoms with Crippen molar-refractivity contribution in [1.82, 2.24) is 15.1 Å². The fourth-order valence-corrected chi connectivity index (χ4v) is 2.03. The third-order valence-corrected chi connectivity index (χ3v) is 3.18. The summed E-state index contributed by atoms with van der Waals surface area (Å²) in [5.74, 6) is -0.185. The summed E-state index contributed by atoms with van der Waals surface area (Å²) in [6.45, 7) is 4.49. The lowest BCUT2D eigenvalue weighted by molar-refractivity contribution is 0.0918. The van der Waals surface area contributed by atoms with Crippen LogP contribution in [0.4, 0.5) is 0 Å². The molecule has 0 spiro atoms. The first-order valence-electron chi connectivity index (χ1n) is 7.01. The zero-order valence-corrected chi connectivity index (χ0v) is 12.2. The normalized spacial score (nSPS) is 11.9. The minimum Gasteiger partial charge on any atom is -0.349 e. The first-order valence-corrected chi connectivity index (χ1v) is 7.01. The highest BCUT2D eigenvalue weighted by Crippen LogP contribution is 2.06. The molecule has 21 heavy (non-hydrogen) atoms. The number of ketones is 1. The van der Waals surface area contributed by atoms with Gasteiger partial charge < -0.3 is 5.32 Å². The van der Waals surface area contributed by atoms with E-state index < -0.39 is 0 Å². The number of carbonyl (C=O) groups excluding carboxylic acids is 2. The molecule has 2 aromatic rings. The second-order valence-electron chi connectivity index (χ2n) is 4.95. The zero-order chi connectivity index (χ0) is 15.2. The molecule has 0 saturated heterocycles. The van der Waals surface area contributed by atoms with Crippen molar-refractivity contribution in [2.45, 2.75) is 32.9 Å². The number of rotatable bonds is 6. The van der Waals surface area contributed by atoms with Crippen LogP contribution in [0.3, 0.4) is 0 Å². The van der Waals surface area contributed by atoms with Gasteiger partial charge in [-0.15, -0.1) is 0 Å². The van der Waals surface area contributed by atoms with Gasteiger partial charge in [-0.3, -0.25) is 14.3 Å². The molecule has 1 N–H and O–H groups in total. The fourth-order valence-electron chi connectivity index (χ4n) is 2.03.